The molecule has 0 saturated carbocycles. The molecule has 3 aromatic rings. The zero-order valence-corrected chi connectivity index (χ0v) is 10.7. The first-order valence-corrected chi connectivity index (χ1v) is 6.22. The lowest BCUT2D eigenvalue weighted by molar-refractivity contribution is 1.06. The highest BCUT2D eigenvalue weighted by atomic mass is 35.5. The molecule has 19 heavy (non-hydrogen) atoms. The van der Waals surface area contributed by atoms with E-state index in [4.69, 9.17) is 11.6 Å². The minimum Gasteiger partial charge on any atom is -0.216 e. The molecule has 0 atom stereocenters. The molecular weight excluding hydrogens is 258 g/mol. The molecule has 92 valence electrons. The first-order valence-electron chi connectivity index (χ1n) is 5.84. The van der Waals surface area contributed by atoms with Gasteiger partial charge in [-0.15, -0.1) is 0 Å². The fourth-order valence-corrected chi connectivity index (χ4v) is 2.08. The summed E-state index contributed by atoms with van der Waals surface area (Å²) in [6, 6.07) is 18.1. The Balaban J connectivity index is 2.18. The highest BCUT2D eigenvalue weighted by Crippen LogP contribution is 2.29. The highest BCUT2D eigenvalue weighted by Gasteiger charge is 2.09. The third-order valence-electron chi connectivity index (χ3n) is 2.80. The predicted octanol–water partition coefficient (Wildman–Crippen LogP) is 3.86. The highest BCUT2D eigenvalue weighted by molar-refractivity contribution is 6.28. The second kappa shape index (κ2) is 5.16. The molecule has 4 heteroatoms. The molecule has 0 aliphatic carbocycles. The van der Waals surface area contributed by atoms with Gasteiger partial charge in [-0.2, -0.15) is 4.98 Å². The Morgan fingerprint density at radius 3 is 2.16 bits per heavy atom. The normalized spacial score (nSPS) is 10.4. The Morgan fingerprint density at radius 2 is 1.42 bits per heavy atom. The van der Waals surface area contributed by atoms with Crippen LogP contribution in [0.25, 0.3) is 22.5 Å². The second-order valence-corrected chi connectivity index (χ2v) is 4.33. The number of rotatable bonds is 2. The summed E-state index contributed by atoms with van der Waals surface area (Å²) in [4.78, 5) is 12.2. The monoisotopic (exact) mass is 267 g/mol. The molecule has 1 heterocycles. The van der Waals surface area contributed by atoms with Crippen LogP contribution in [-0.4, -0.2) is 15.0 Å². The minimum absolute atomic E-state index is 0.202. The van der Waals surface area contributed by atoms with E-state index < -0.39 is 0 Å². The van der Waals surface area contributed by atoms with Crippen LogP contribution in [0.3, 0.4) is 0 Å². The number of aromatic nitrogens is 3. The van der Waals surface area contributed by atoms with E-state index in [1.807, 2.05) is 42.5 Å². The van der Waals surface area contributed by atoms with Crippen LogP contribution in [0, 0.1) is 0 Å². The molecule has 0 radical (unpaired) electrons. The van der Waals surface area contributed by atoms with Crippen molar-refractivity contribution in [2.24, 2.45) is 0 Å². The maximum atomic E-state index is 5.83. The molecular formula is C15H10ClN3. The number of halogens is 1. The van der Waals surface area contributed by atoms with Crippen molar-refractivity contribution in [2.75, 3.05) is 0 Å². The van der Waals surface area contributed by atoms with Gasteiger partial charge in [-0.3, -0.25) is 0 Å². The third kappa shape index (κ3) is 2.46. The molecule has 0 aliphatic rings. The molecule has 1 aromatic heterocycles. The number of hydrogen-bond donors (Lipinski definition) is 0. The first-order chi connectivity index (χ1) is 9.34. The van der Waals surface area contributed by atoms with Crippen molar-refractivity contribution in [1.29, 1.82) is 0 Å². The topological polar surface area (TPSA) is 38.7 Å². The van der Waals surface area contributed by atoms with Gasteiger partial charge in [0.2, 0.25) is 5.28 Å². The smallest absolute Gasteiger partial charge is 0.216 e. The van der Waals surface area contributed by atoms with E-state index in [1.165, 1.54) is 6.33 Å². The van der Waals surface area contributed by atoms with Gasteiger partial charge in [-0.1, -0.05) is 54.6 Å². The molecule has 3 rings (SSSR count). The van der Waals surface area contributed by atoms with Crippen LogP contribution in [0.1, 0.15) is 0 Å². The Labute approximate surface area is 116 Å². The molecule has 0 amide bonds. The van der Waals surface area contributed by atoms with E-state index >= 15 is 0 Å². The summed E-state index contributed by atoms with van der Waals surface area (Å²) in [5, 5.41) is 0.202. The molecule has 0 bridgehead atoms. The van der Waals surface area contributed by atoms with Gasteiger partial charge in [-0.25, -0.2) is 9.97 Å². The molecule has 0 saturated heterocycles. The molecule has 0 aliphatic heterocycles. The van der Waals surface area contributed by atoms with E-state index in [0.717, 1.165) is 16.7 Å². The number of hydrogen-bond acceptors (Lipinski definition) is 3. The lowest BCUT2D eigenvalue weighted by Crippen LogP contribution is -1.93. The van der Waals surface area contributed by atoms with Crippen molar-refractivity contribution in [1.82, 2.24) is 15.0 Å². The largest absolute Gasteiger partial charge is 0.225 e. The summed E-state index contributed by atoms with van der Waals surface area (Å²) in [6.07, 6.45) is 1.42. The van der Waals surface area contributed by atoms with Gasteiger partial charge in [0.15, 0.2) is 5.82 Å². The number of benzene rings is 2. The van der Waals surface area contributed by atoms with Crippen LogP contribution >= 0.6 is 11.6 Å². The predicted molar refractivity (Wildman–Crippen MR) is 75.7 cm³/mol. The van der Waals surface area contributed by atoms with Gasteiger partial charge in [0.1, 0.15) is 6.33 Å². The van der Waals surface area contributed by atoms with Crippen LogP contribution < -0.4 is 0 Å². The van der Waals surface area contributed by atoms with Gasteiger partial charge in [0.25, 0.3) is 0 Å². The van der Waals surface area contributed by atoms with Crippen molar-refractivity contribution in [2.45, 2.75) is 0 Å². The summed E-state index contributed by atoms with van der Waals surface area (Å²) in [7, 11) is 0. The van der Waals surface area contributed by atoms with Crippen LogP contribution in [0.5, 0.6) is 0 Å². The van der Waals surface area contributed by atoms with Crippen molar-refractivity contribution in [3.8, 4) is 22.5 Å². The molecule has 2 aromatic carbocycles. The van der Waals surface area contributed by atoms with Gasteiger partial charge < -0.3 is 0 Å². The van der Waals surface area contributed by atoms with Crippen molar-refractivity contribution in [3.05, 3.63) is 66.2 Å². The average molecular weight is 268 g/mol. The van der Waals surface area contributed by atoms with Crippen molar-refractivity contribution < 1.29 is 0 Å². The molecule has 0 spiro atoms. The van der Waals surface area contributed by atoms with E-state index in [-0.39, 0.29) is 5.28 Å². The number of nitrogens with zero attached hydrogens (tertiary/aromatic N) is 3. The van der Waals surface area contributed by atoms with Gasteiger partial charge in [0, 0.05) is 5.56 Å². The van der Waals surface area contributed by atoms with E-state index in [2.05, 4.69) is 27.1 Å². The zero-order valence-electron chi connectivity index (χ0n) is 9.99. The lowest BCUT2D eigenvalue weighted by atomic mass is 9.99. The summed E-state index contributed by atoms with van der Waals surface area (Å²) in [6.45, 7) is 0. The van der Waals surface area contributed by atoms with Gasteiger partial charge in [-0.05, 0) is 22.7 Å². The summed E-state index contributed by atoms with van der Waals surface area (Å²) < 4.78 is 0. The average Bonchev–Trinajstić information content (AvgIpc) is 2.48. The van der Waals surface area contributed by atoms with E-state index in [9.17, 15) is 0 Å². The summed E-state index contributed by atoms with van der Waals surface area (Å²) in [5.74, 6) is 0.583. The Kier molecular flexibility index (Phi) is 3.21. The fraction of sp³-hybridized carbons (Fsp3) is 0. The molecule has 0 N–H and O–H groups in total. The van der Waals surface area contributed by atoms with E-state index in [0.29, 0.717) is 5.82 Å². The van der Waals surface area contributed by atoms with E-state index in [1.54, 1.807) is 0 Å². The van der Waals surface area contributed by atoms with Crippen LogP contribution in [0.15, 0.2) is 60.9 Å². The van der Waals surface area contributed by atoms with Crippen LogP contribution in [0.4, 0.5) is 0 Å². The summed E-state index contributed by atoms with van der Waals surface area (Å²) >= 11 is 5.83. The zero-order chi connectivity index (χ0) is 13.1. The van der Waals surface area contributed by atoms with Gasteiger partial charge in [0.05, 0.1) is 0 Å². The maximum absolute atomic E-state index is 5.83. The van der Waals surface area contributed by atoms with Crippen LogP contribution in [-0.2, 0) is 0 Å². The fourth-order valence-electron chi connectivity index (χ4n) is 1.95. The minimum atomic E-state index is 0.202. The standard InChI is InChI=1S/C15H10ClN3/c16-15-18-10-17-14(19-15)13-9-5-4-8-12(13)11-6-2-1-3-7-11/h1-10H. The lowest BCUT2D eigenvalue weighted by Gasteiger charge is -2.08. The Hall–Kier alpha value is -2.26. The quantitative estimate of drug-likeness (QED) is 0.708. The summed E-state index contributed by atoms with van der Waals surface area (Å²) in [5.41, 5.74) is 3.14. The molecule has 0 fully saturated rings. The molecule has 3 nitrogen and oxygen atoms in total. The van der Waals surface area contributed by atoms with Crippen molar-refractivity contribution in [3.63, 3.8) is 0 Å². The van der Waals surface area contributed by atoms with Gasteiger partial charge >= 0.3 is 0 Å². The van der Waals surface area contributed by atoms with Crippen LogP contribution in [0.2, 0.25) is 5.28 Å². The Bertz CT molecular complexity index is 699. The SMILES string of the molecule is Clc1ncnc(-c2ccccc2-c2ccccc2)n1. The molecule has 0 unspecified atom stereocenters. The third-order valence-corrected chi connectivity index (χ3v) is 2.98. The first kappa shape index (κ1) is 11.8. The second-order valence-electron chi connectivity index (χ2n) is 3.99. The Morgan fingerprint density at radius 1 is 0.737 bits per heavy atom. The van der Waals surface area contributed by atoms with Crippen molar-refractivity contribution >= 4 is 11.6 Å². The maximum Gasteiger partial charge on any atom is 0.225 e.